The number of fused-ring (bicyclic) bond motifs is 1. The summed E-state index contributed by atoms with van der Waals surface area (Å²) >= 11 is 0. The minimum Gasteiger partial charge on any atom is -0.436 e. The average molecular weight is 413 g/mol. The number of benzene rings is 2. The van der Waals surface area contributed by atoms with Gasteiger partial charge in [-0.1, -0.05) is 31.2 Å². The largest absolute Gasteiger partial charge is 0.436 e. The van der Waals surface area contributed by atoms with E-state index in [1.165, 1.54) is 5.56 Å². The van der Waals surface area contributed by atoms with Crippen molar-refractivity contribution in [2.45, 2.75) is 40.2 Å². The van der Waals surface area contributed by atoms with E-state index in [9.17, 15) is 0 Å². The Kier molecular flexibility index (Phi) is 4.82. The molecule has 0 aliphatic carbocycles. The van der Waals surface area contributed by atoms with Crippen molar-refractivity contribution in [2.75, 3.05) is 0 Å². The number of hydrogen-bond donors (Lipinski definition) is 1. The lowest BCUT2D eigenvalue weighted by molar-refractivity contribution is 0.617. The second kappa shape index (κ2) is 7.79. The molecule has 0 bridgehead atoms. The molecule has 8 nitrogen and oxygen atoms in total. The van der Waals surface area contributed by atoms with Crippen molar-refractivity contribution in [3.63, 3.8) is 0 Å². The van der Waals surface area contributed by atoms with Crippen molar-refractivity contribution in [3.8, 4) is 22.8 Å². The van der Waals surface area contributed by atoms with Crippen molar-refractivity contribution in [3.05, 3.63) is 65.2 Å². The number of rotatable bonds is 6. The fourth-order valence-corrected chi connectivity index (χ4v) is 3.97. The molecule has 3 aromatic heterocycles. The molecule has 0 amide bonds. The van der Waals surface area contributed by atoms with Gasteiger partial charge in [0.25, 0.3) is 0 Å². The summed E-state index contributed by atoms with van der Waals surface area (Å²) in [4.78, 5) is 9.47. The van der Waals surface area contributed by atoms with Gasteiger partial charge in [-0.25, -0.2) is 9.97 Å². The van der Waals surface area contributed by atoms with Crippen LogP contribution in [0.4, 0.5) is 0 Å². The van der Waals surface area contributed by atoms with Gasteiger partial charge in [0.15, 0.2) is 5.58 Å². The molecule has 0 saturated heterocycles. The van der Waals surface area contributed by atoms with Crippen LogP contribution >= 0.6 is 0 Å². The van der Waals surface area contributed by atoms with Gasteiger partial charge >= 0.3 is 0 Å². The number of imidazole rings is 1. The monoisotopic (exact) mass is 413 g/mol. The molecule has 8 heteroatoms. The lowest BCUT2D eigenvalue weighted by Gasteiger charge is -2.08. The zero-order valence-corrected chi connectivity index (χ0v) is 17.8. The number of tetrazole rings is 1. The zero-order valence-electron chi connectivity index (χ0n) is 17.8. The second-order valence-electron chi connectivity index (χ2n) is 7.74. The van der Waals surface area contributed by atoms with Crippen molar-refractivity contribution < 1.29 is 4.42 Å². The van der Waals surface area contributed by atoms with Crippen molar-refractivity contribution in [1.82, 2.24) is 35.2 Å². The van der Waals surface area contributed by atoms with E-state index < -0.39 is 0 Å². The standard InChI is InChI=1S/C23H23N7O/c1-4-7-20-24-15(3)12-30(20)13-16-10-14(2)21-19(11-16)25-23(31-21)18-9-6-5-8-17(18)22-26-28-29-27-22/h5-6,8-12H,4,7,13H2,1-3H3,(H,26,27,28,29). The van der Waals surface area contributed by atoms with Crippen LogP contribution in [-0.4, -0.2) is 35.2 Å². The van der Waals surface area contributed by atoms with Crippen LogP contribution in [0.1, 0.15) is 36.0 Å². The van der Waals surface area contributed by atoms with Gasteiger partial charge in [0.1, 0.15) is 11.3 Å². The Morgan fingerprint density at radius 3 is 2.68 bits per heavy atom. The van der Waals surface area contributed by atoms with Crippen LogP contribution < -0.4 is 0 Å². The first-order chi connectivity index (χ1) is 15.1. The molecule has 0 fully saturated rings. The maximum Gasteiger partial charge on any atom is 0.228 e. The number of nitrogens with zero attached hydrogens (tertiary/aromatic N) is 6. The number of hydrogen-bond acceptors (Lipinski definition) is 6. The molecule has 156 valence electrons. The Balaban J connectivity index is 1.55. The van der Waals surface area contributed by atoms with Crippen LogP contribution in [0.25, 0.3) is 33.9 Å². The highest BCUT2D eigenvalue weighted by Crippen LogP contribution is 2.33. The molecule has 0 radical (unpaired) electrons. The van der Waals surface area contributed by atoms with Crippen molar-refractivity contribution in [1.29, 1.82) is 0 Å². The molecule has 0 aliphatic rings. The van der Waals surface area contributed by atoms with E-state index in [4.69, 9.17) is 9.40 Å². The molecule has 0 unspecified atom stereocenters. The number of aromatic amines is 1. The van der Waals surface area contributed by atoms with E-state index in [-0.39, 0.29) is 0 Å². The molecule has 31 heavy (non-hydrogen) atoms. The number of nitrogens with one attached hydrogen (secondary N) is 1. The molecule has 3 heterocycles. The van der Waals surface area contributed by atoms with Gasteiger partial charge in [0.2, 0.25) is 11.7 Å². The highest BCUT2D eigenvalue weighted by atomic mass is 16.3. The zero-order chi connectivity index (χ0) is 21.4. The predicted octanol–water partition coefficient (Wildman–Crippen LogP) is 4.49. The number of aryl methyl sites for hydroxylation is 3. The molecule has 0 spiro atoms. The first-order valence-corrected chi connectivity index (χ1v) is 10.4. The quantitative estimate of drug-likeness (QED) is 0.440. The third kappa shape index (κ3) is 3.61. The molecule has 1 N–H and O–H groups in total. The normalized spacial score (nSPS) is 11.5. The van der Waals surface area contributed by atoms with Crippen molar-refractivity contribution in [2.24, 2.45) is 0 Å². The molecule has 5 rings (SSSR count). The molecular formula is C23H23N7O. The molecule has 2 aromatic carbocycles. The van der Waals surface area contributed by atoms with E-state index in [0.717, 1.165) is 58.7 Å². The minimum atomic E-state index is 0.509. The average Bonchev–Trinajstić information content (AvgIpc) is 3.49. The summed E-state index contributed by atoms with van der Waals surface area (Å²) in [6.45, 7) is 7.02. The Bertz CT molecular complexity index is 1350. The molecule has 5 aromatic rings. The summed E-state index contributed by atoms with van der Waals surface area (Å²) in [6.07, 6.45) is 4.15. The second-order valence-corrected chi connectivity index (χ2v) is 7.74. The highest BCUT2D eigenvalue weighted by molar-refractivity contribution is 5.83. The van der Waals surface area contributed by atoms with E-state index in [0.29, 0.717) is 11.7 Å². The van der Waals surface area contributed by atoms with Crippen molar-refractivity contribution >= 4 is 11.1 Å². The Labute approximate surface area is 179 Å². The summed E-state index contributed by atoms with van der Waals surface area (Å²) in [5, 5.41) is 14.4. The predicted molar refractivity (Wildman–Crippen MR) is 117 cm³/mol. The van der Waals surface area contributed by atoms with Gasteiger partial charge in [-0.3, -0.25) is 0 Å². The third-order valence-corrected chi connectivity index (χ3v) is 5.29. The first-order valence-electron chi connectivity index (χ1n) is 10.4. The van der Waals surface area contributed by atoms with Crippen LogP contribution in [-0.2, 0) is 13.0 Å². The van der Waals surface area contributed by atoms with E-state index >= 15 is 0 Å². The Hall–Kier alpha value is -3.81. The first kappa shape index (κ1) is 19.2. The lowest BCUT2D eigenvalue weighted by atomic mass is 10.1. The summed E-state index contributed by atoms with van der Waals surface area (Å²) < 4.78 is 8.41. The van der Waals surface area contributed by atoms with Gasteiger partial charge in [-0.2, -0.15) is 5.21 Å². The fraction of sp³-hybridized carbons (Fsp3) is 0.261. The highest BCUT2D eigenvalue weighted by Gasteiger charge is 2.17. The summed E-state index contributed by atoms with van der Waals surface area (Å²) in [6, 6.07) is 12.0. The van der Waals surface area contributed by atoms with Gasteiger partial charge in [-0.05, 0) is 48.7 Å². The Morgan fingerprint density at radius 1 is 1.06 bits per heavy atom. The van der Waals surface area contributed by atoms with E-state index in [1.54, 1.807) is 0 Å². The molecule has 0 aliphatic heterocycles. The van der Waals surface area contributed by atoms with Crippen LogP contribution in [0, 0.1) is 13.8 Å². The smallest absolute Gasteiger partial charge is 0.228 e. The molecular weight excluding hydrogens is 390 g/mol. The van der Waals surface area contributed by atoms with E-state index in [1.807, 2.05) is 31.2 Å². The van der Waals surface area contributed by atoms with Crippen LogP contribution in [0.2, 0.25) is 0 Å². The van der Waals surface area contributed by atoms with Gasteiger partial charge in [-0.15, -0.1) is 10.2 Å². The topological polar surface area (TPSA) is 98.3 Å². The van der Waals surface area contributed by atoms with Gasteiger partial charge in [0, 0.05) is 30.3 Å². The summed E-state index contributed by atoms with van der Waals surface area (Å²) in [7, 11) is 0. The van der Waals surface area contributed by atoms with Gasteiger partial charge < -0.3 is 8.98 Å². The summed E-state index contributed by atoms with van der Waals surface area (Å²) in [5.41, 5.74) is 6.54. The van der Waals surface area contributed by atoms with Crippen LogP contribution in [0.5, 0.6) is 0 Å². The molecule has 0 atom stereocenters. The number of oxazole rings is 1. The van der Waals surface area contributed by atoms with Crippen LogP contribution in [0.15, 0.2) is 47.0 Å². The Morgan fingerprint density at radius 2 is 1.90 bits per heavy atom. The minimum absolute atomic E-state index is 0.509. The SMILES string of the molecule is CCCc1nc(C)cn1Cc1cc(C)c2oc(-c3ccccc3-c3nn[nH]n3)nc2c1. The van der Waals surface area contributed by atoms with Gasteiger partial charge in [0.05, 0.1) is 5.69 Å². The van der Waals surface area contributed by atoms with Crippen LogP contribution in [0.3, 0.4) is 0 Å². The van der Waals surface area contributed by atoms with E-state index in [2.05, 4.69) is 62.4 Å². The summed E-state index contributed by atoms with van der Waals surface area (Å²) in [5.74, 6) is 2.17. The maximum absolute atomic E-state index is 6.18. The third-order valence-electron chi connectivity index (χ3n) is 5.29. The number of H-pyrrole nitrogens is 1. The lowest BCUT2D eigenvalue weighted by Crippen LogP contribution is -2.04. The number of aromatic nitrogens is 7. The molecule has 0 saturated carbocycles. The maximum atomic E-state index is 6.18. The fourth-order valence-electron chi connectivity index (χ4n) is 3.97.